The zero-order valence-electron chi connectivity index (χ0n) is 20.7. The SMILES string of the molecule is [C-]#[N+]/N=C(\CC/C=C/CCC1CCN(C(=O)c2c(OC)cccc2OC)CC1)Cc1cccnc1. The number of benzene rings is 1. The van der Waals surface area contributed by atoms with Crippen LogP contribution < -0.4 is 9.47 Å². The molecule has 0 atom stereocenters. The van der Waals surface area contributed by atoms with Crippen LogP contribution in [-0.4, -0.2) is 48.8 Å². The summed E-state index contributed by atoms with van der Waals surface area (Å²) >= 11 is 0. The first-order chi connectivity index (χ1) is 17.2. The molecule has 2 aromatic rings. The Morgan fingerprint density at radius 3 is 2.49 bits per heavy atom. The van der Waals surface area contributed by atoms with Gasteiger partial charge in [-0.3, -0.25) is 9.78 Å². The number of carbonyl (C=O) groups is 1. The number of aromatic nitrogens is 1. The van der Waals surface area contributed by atoms with Crippen LogP contribution in [0.2, 0.25) is 0 Å². The molecule has 0 aliphatic carbocycles. The number of pyridine rings is 1. The van der Waals surface area contributed by atoms with Crippen LogP contribution in [0, 0.1) is 12.5 Å². The fourth-order valence-corrected chi connectivity index (χ4v) is 4.45. The smallest absolute Gasteiger partial charge is 0.261 e. The normalized spacial score (nSPS) is 14.7. The molecule has 35 heavy (non-hydrogen) atoms. The van der Waals surface area contributed by atoms with Gasteiger partial charge in [0.15, 0.2) is 0 Å². The highest BCUT2D eigenvalue weighted by atomic mass is 16.5. The van der Waals surface area contributed by atoms with E-state index >= 15 is 0 Å². The van der Waals surface area contributed by atoms with Crippen LogP contribution in [0.15, 0.2) is 60.0 Å². The second kappa shape index (κ2) is 13.9. The maximum Gasteiger partial charge on any atom is 0.261 e. The topological polar surface area (TPSA) is 68.4 Å². The van der Waals surface area contributed by atoms with Gasteiger partial charge in [-0.2, -0.15) is 6.57 Å². The zero-order valence-corrected chi connectivity index (χ0v) is 20.7. The molecular weight excluding hydrogens is 440 g/mol. The molecule has 0 radical (unpaired) electrons. The fraction of sp³-hybridized carbons (Fsp3) is 0.429. The first-order valence-electron chi connectivity index (χ1n) is 12.1. The highest BCUT2D eigenvalue weighted by Crippen LogP contribution is 2.31. The summed E-state index contributed by atoms with van der Waals surface area (Å²) < 4.78 is 10.8. The first kappa shape index (κ1) is 26.0. The number of carbonyl (C=O) groups excluding carboxylic acids is 1. The Balaban J connectivity index is 1.40. The standard InChI is InChI=1S/C28H34N4O3/c1-29-31-24(20-23-11-9-17-30-21-23)12-7-5-4-6-10-22-15-18-32(19-16-22)28(33)27-25(34-2)13-8-14-26(27)35-3/h4-5,8-9,11,13-14,17,21-22H,6-7,10,12,15-16,18-20H2,2-3H3/b5-4+,31-24+. The van der Waals surface area contributed by atoms with E-state index < -0.39 is 0 Å². The number of allylic oxidation sites excluding steroid dienone is 2. The van der Waals surface area contributed by atoms with Crippen LogP contribution in [0.5, 0.6) is 11.5 Å². The number of methoxy groups -OCH3 is 2. The van der Waals surface area contributed by atoms with Crippen molar-refractivity contribution in [1.29, 1.82) is 0 Å². The van der Waals surface area contributed by atoms with Crippen molar-refractivity contribution < 1.29 is 14.3 Å². The van der Waals surface area contributed by atoms with Crippen LogP contribution in [0.1, 0.15) is 54.4 Å². The van der Waals surface area contributed by atoms with Crippen LogP contribution in [0.4, 0.5) is 0 Å². The molecule has 7 heteroatoms. The lowest BCUT2D eigenvalue weighted by Gasteiger charge is -2.32. The van der Waals surface area contributed by atoms with Gasteiger partial charge >= 0.3 is 0 Å². The second-order valence-electron chi connectivity index (χ2n) is 8.66. The number of piperidine rings is 1. The molecular formula is C28H34N4O3. The lowest BCUT2D eigenvalue weighted by molar-refractivity contribution is 0.0680. The number of likely N-dealkylation sites (tertiary alicyclic amines) is 1. The van der Waals surface area contributed by atoms with E-state index in [1.807, 2.05) is 29.3 Å². The van der Waals surface area contributed by atoms with Gasteiger partial charge in [0.2, 0.25) is 0 Å². The molecule has 184 valence electrons. The Morgan fingerprint density at radius 2 is 1.86 bits per heavy atom. The van der Waals surface area contributed by atoms with Crippen LogP contribution in [0.25, 0.3) is 4.95 Å². The van der Waals surface area contributed by atoms with Gasteiger partial charge in [0, 0.05) is 31.9 Å². The summed E-state index contributed by atoms with van der Waals surface area (Å²) in [4.78, 5) is 22.4. The van der Waals surface area contributed by atoms with Gasteiger partial charge in [-0.15, -0.1) is 4.95 Å². The van der Waals surface area contributed by atoms with Crippen molar-refractivity contribution in [3.8, 4) is 11.5 Å². The molecule has 2 heterocycles. The number of hydrogen-bond donors (Lipinski definition) is 0. The number of nitrogens with zero attached hydrogens (tertiary/aromatic N) is 4. The van der Waals surface area contributed by atoms with Gasteiger partial charge in [-0.05, 0) is 68.2 Å². The molecule has 7 nitrogen and oxygen atoms in total. The van der Waals surface area contributed by atoms with Crippen molar-refractivity contribution in [3.63, 3.8) is 0 Å². The first-order valence-corrected chi connectivity index (χ1v) is 12.1. The predicted molar refractivity (Wildman–Crippen MR) is 138 cm³/mol. The maximum atomic E-state index is 13.1. The Kier molecular flexibility index (Phi) is 10.3. The highest BCUT2D eigenvalue weighted by molar-refractivity contribution is 5.99. The lowest BCUT2D eigenvalue weighted by Crippen LogP contribution is -2.38. The fourth-order valence-electron chi connectivity index (χ4n) is 4.45. The van der Waals surface area contributed by atoms with Crippen LogP contribution in [-0.2, 0) is 6.42 Å². The molecule has 3 rings (SSSR count). The summed E-state index contributed by atoms with van der Waals surface area (Å²) in [6.07, 6.45) is 14.5. The molecule has 0 saturated carbocycles. The molecule has 1 aliphatic heterocycles. The minimum absolute atomic E-state index is 0.0270. The number of amides is 1. The van der Waals surface area contributed by atoms with Crippen molar-refractivity contribution in [3.05, 3.63) is 77.5 Å². The molecule has 1 amide bonds. The van der Waals surface area contributed by atoms with Gasteiger partial charge in [0.25, 0.3) is 5.91 Å². The maximum absolute atomic E-state index is 13.1. The second-order valence-corrected chi connectivity index (χ2v) is 8.66. The summed E-state index contributed by atoms with van der Waals surface area (Å²) in [5.74, 6) is 1.69. The number of ether oxygens (including phenoxy) is 2. The van der Waals surface area contributed by atoms with Crippen molar-refractivity contribution in [1.82, 2.24) is 9.88 Å². The molecule has 1 aliphatic rings. The van der Waals surface area contributed by atoms with E-state index in [0.29, 0.717) is 29.4 Å². The summed E-state index contributed by atoms with van der Waals surface area (Å²) in [6, 6.07) is 9.33. The van der Waals surface area contributed by atoms with Crippen LogP contribution >= 0.6 is 0 Å². The molecule has 1 fully saturated rings. The zero-order chi connectivity index (χ0) is 24.9. The summed E-state index contributed by atoms with van der Waals surface area (Å²) in [5.41, 5.74) is 2.47. The Morgan fingerprint density at radius 1 is 1.14 bits per heavy atom. The van der Waals surface area contributed by atoms with E-state index in [1.165, 1.54) is 0 Å². The minimum Gasteiger partial charge on any atom is -0.496 e. The average Bonchev–Trinajstić information content (AvgIpc) is 2.90. The Hall–Kier alpha value is -3.66. The molecule has 0 bridgehead atoms. The summed E-state index contributed by atoms with van der Waals surface area (Å²) in [7, 11) is 3.15. The molecule has 0 spiro atoms. The van der Waals surface area contributed by atoms with E-state index in [0.717, 1.165) is 62.9 Å². The Bertz CT molecular complexity index is 1030. The van der Waals surface area contributed by atoms with E-state index in [4.69, 9.17) is 16.0 Å². The average molecular weight is 475 g/mol. The molecule has 0 unspecified atom stereocenters. The van der Waals surface area contributed by atoms with Crippen molar-refractivity contribution in [2.45, 2.75) is 44.9 Å². The quantitative estimate of drug-likeness (QED) is 0.184. The van der Waals surface area contributed by atoms with Gasteiger partial charge in [0.05, 0.1) is 19.3 Å². The van der Waals surface area contributed by atoms with Crippen molar-refractivity contribution in [2.75, 3.05) is 27.3 Å². The predicted octanol–water partition coefficient (Wildman–Crippen LogP) is 5.59. The summed E-state index contributed by atoms with van der Waals surface area (Å²) in [6.45, 7) is 8.55. The third-order valence-electron chi connectivity index (χ3n) is 6.37. The van der Waals surface area contributed by atoms with Gasteiger partial charge in [-0.25, -0.2) is 0 Å². The molecule has 1 aromatic heterocycles. The highest BCUT2D eigenvalue weighted by Gasteiger charge is 2.27. The van der Waals surface area contributed by atoms with Crippen molar-refractivity contribution in [2.24, 2.45) is 11.0 Å². The van der Waals surface area contributed by atoms with E-state index in [-0.39, 0.29) is 5.91 Å². The van der Waals surface area contributed by atoms with E-state index in [9.17, 15) is 4.79 Å². The van der Waals surface area contributed by atoms with Gasteiger partial charge in [-0.1, -0.05) is 24.3 Å². The number of hydrogen-bond acceptors (Lipinski definition) is 5. The molecule has 1 aromatic carbocycles. The largest absolute Gasteiger partial charge is 0.496 e. The third-order valence-corrected chi connectivity index (χ3v) is 6.37. The lowest BCUT2D eigenvalue weighted by atomic mass is 9.91. The van der Waals surface area contributed by atoms with E-state index in [1.54, 1.807) is 32.5 Å². The van der Waals surface area contributed by atoms with Gasteiger partial charge in [0.1, 0.15) is 22.8 Å². The monoisotopic (exact) mass is 474 g/mol. The van der Waals surface area contributed by atoms with Crippen molar-refractivity contribution >= 4 is 11.6 Å². The summed E-state index contributed by atoms with van der Waals surface area (Å²) in [5, 5.41) is 3.97. The third kappa shape index (κ3) is 7.68. The molecule has 0 N–H and O–H groups in total. The molecule has 1 saturated heterocycles. The minimum atomic E-state index is -0.0270. The van der Waals surface area contributed by atoms with E-state index in [2.05, 4.69) is 27.2 Å². The number of rotatable bonds is 11. The van der Waals surface area contributed by atoms with Gasteiger partial charge < -0.3 is 14.4 Å². The van der Waals surface area contributed by atoms with Crippen LogP contribution in [0.3, 0.4) is 0 Å². The Labute approximate surface area is 208 Å².